The van der Waals surface area contributed by atoms with Crippen LogP contribution in [0.3, 0.4) is 0 Å². The van der Waals surface area contributed by atoms with Crippen LogP contribution in [0.2, 0.25) is 0 Å². The minimum absolute atomic E-state index is 0.0172. The number of nitrogens with zero attached hydrogens (tertiary/aromatic N) is 3. The molecule has 0 saturated carbocycles. The Morgan fingerprint density at radius 3 is 3.00 bits per heavy atom. The fourth-order valence-corrected chi connectivity index (χ4v) is 3.16. The van der Waals surface area contributed by atoms with E-state index in [0.717, 1.165) is 16.5 Å². The minimum atomic E-state index is -0.478. The summed E-state index contributed by atoms with van der Waals surface area (Å²) in [5.41, 5.74) is 1.88. The zero-order valence-electron chi connectivity index (χ0n) is 14.5. The maximum absolute atomic E-state index is 12.2. The van der Waals surface area contributed by atoms with Crippen LogP contribution in [-0.4, -0.2) is 38.8 Å². The minimum Gasteiger partial charge on any atom is -0.457 e. The van der Waals surface area contributed by atoms with Crippen molar-refractivity contribution < 1.29 is 18.8 Å². The van der Waals surface area contributed by atoms with E-state index in [9.17, 15) is 9.59 Å². The Morgan fingerprint density at radius 2 is 2.14 bits per heavy atom. The quantitative estimate of drug-likeness (QED) is 0.459. The van der Waals surface area contributed by atoms with Crippen molar-refractivity contribution in [3.8, 4) is 11.5 Å². The molecule has 142 valence electrons. The Balaban J connectivity index is 1.23. The summed E-state index contributed by atoms with van der Waals surface area (Å²) in [6.07, 6.45) is 0.0172. The first-order valence-corrected chi connectivity index (χ1v) is 9.37. The molecule has 0 aliphatic carbocycles. The van der Waals surface area contributed by atoms with E-state index < -0.39 is 5.97 Å². The summed E-state index contributed by atoms with van der Waals surface area (Å²) >= 11 is 1.52. The monoisotopic (exact) mass is 397 g/mol. The molecule has 0 saturated heterocycles. The largest absolute Gasteiger partial charge is 0.457 e. The molecule has 1 aromatic carbocycles. The summed E-state index contributed by atoms with van der Waals surface area (Å²) in [4.78, 5) is 28.2. The molecule has 3 heterocycles. The van der Waals surface area contributed by atoms with Crippen molar-refractivity contribution in [2.24, 2.45) is 0 Å². The molecule has 1 amide bonds. The number of nitrogens with one attached hydrogen (secondary N) is 2. The van der Waals surface area contributed by atoms with Gasteiger partial charge in [0, 0.05) is 17.3 Å². The highest BCUT2D eigenvalue weighted by atomic mass is 32.1. The third kappa shape index (κ3) is 3.91. The molecule has 0 bridgehead atoms. The van der Waals surface area contributed by atoms with Crippen molar-refractivity contribution in [3.05, 3.63) is 52.6 Å². The number of esters is 1. The van der Waals surface area contributed by atoms with E-state index in [4.69, 9.17) is 9.26 Å². The van der Waals surface area contributed by atoms with Crippen molar-refractivity contribution in [1.82, 2.24) is 25.7 Å². The third-order valence-electron chi connectivity index (χ3n) is 3.90. The van der Waals surface area contributed by atoms with Crippen LogP contribution in [-0.2, 0) is 16.1 Å². The van der Waals surface area contributed by atoms with Gasteiger partial charge in [0.1, 0.15) is 0 Å². The Bertz CT molecular complexity index is 1100. The first-order valence-electron chi connectivity index (χ1n) is 8.43. The normalized spacial score (nSPS) is 10.9. The molecule has 0 unspecified atom stereocenters. The lowest BCUT2D eigenvalue weighted by molar-refractivity contribution is -0.145. The number of rotatable bonds is 7. The smallest absolute Gasteiger partial charge is 0.308 e. The molecule has 0 spiro atoms. The van der Waals surface area contributed by atoms with Crippen LogP contribution in [0.15, 0.2) is 45.6 Å². The van der Waals surface area contributed by atoms with Gasteiger partial charge in [-0.1, -0.05) is 23.4 Å². The number of amides is 1. The summed E-state index contributed by atoms with van der Waals surface area (Å²) in [5.74, 6) is -0.176. The molecule has 9 nitrogen and oxygen atoms in total. The van der Waals surface area contributed by atoms with Gasteiger partial charge in [0.15, 0.2) is 12.3 Å². The highest BCUT2D eigenvalue weighted by molar-refractivity contribution is 7.08. The lowest BCUT2D eigenvalue weighted by Crippen LogP contribution is -2.27. The highest BCUT2D eigenvalue weighted by Crippen LogP contribution is 2.20. The van der Waals surface area contributed by atoms with Crippen LogP contribution in [0.25, 0.3) is 22.4 Å². The average molecular weight is 397 g/mol. The van der Waals surface area contributed by atoms with Gasteiger partial charge >= 0.3 is 5.97 Å². The molecule has 0 aliphatic heterocycles. The van der Waals surface area contributed by atoms with Gasteiger partial charge in [-0.2, -0.15) is 21.4 Å². The molecule has 4 aromatic rings. The Hall–Kier alpha value is -3.53. The average Bonchev–Trinajstić information content (AvgIpc) is 3.46. The first kappa shape index (κ1) is 17.9. The van der Waals surface area contributed by atoms with Crippen LogP contribution < -0.4 is 5.32 Å². The van der Waals surface area contributed by atoms with E-state index in [1.54, 1.807) is 6.07 Å². The number of H-pyrrole nitrogens is 1. The second-order valence-corrected chi connectivity index (χ2v) is 6.59. The molecular formula is C18H15N5O4S. The van der Waals surface area contributed by atoms with Crippen LogP contribution in [0.4, 0.5) is 0 Å². The predicted octanol–water partition coefficient (Wildman–Crippen LogP) is 2.54. The molecule has 4 rings (SSSR count). The number of para-hydroxylation sites is 1. The molecule has 0 fully saturated rings. The van der Waals surface area contributed by atoms with Gasteiger partial charge in [0.05, 0.1) is 17.5 Å². The molecule has 3 aromatic heterocycles. The van der Waals surface area contributed by atoms with Crippen LogP contribution in [0, 0.1) is 0 Å². The molecule has 10 heteroatoms. The predicted molar refractivity (Wildman–Crippen MR) is 100 cm³/mol. The zero-order valence-corrected chi connectivity index (χ0v) is 15.4. The fourth-order valence-electron chi connectivity index (χ4n) is 2.53. The van der Waals surface area contributed by atoms with E-state index in [0.29, 0.717) is 5.89 Å². The second-order valence-electron chi connectivity index (χ2n) is 5.81. The number of thiophene rings is 1. The van der Waals surface area contributed by atoms with Gasteiger partial charge < -0.3 is 14.6 Å². The number of ether oxygens (including phenoxy) is 1. The highest BCUT2D eigenvalue weighted by Gasteiger charge is 2.15. The number of carbonyl (C=O) groups is 2. The van der Waals surface area contributed by atoms with Crippen molar-refractivity contribution >= 4 is 34.1 Å². The van der Waals surface area contributed by atoms with E-state index in [-0.39, 0.29) is 37.0 Å². The summed E-state index contributed by atoms with van der Waals surface area (Å²) in [6.45, 7) is 0.0374. The van der Waals surface area contributed by atoms with Crippen molar-refractivity contribution in [1.29, 1.82) is 0 Å². The number of aromatic amines is 1. The number of fused-ring (bicyclic) bond motifs is 1. The maximum Gasteiger partial charge on any atom is 0.308 e. The summed E-state index contributed by atoms with van der Waals surface area (Å²) in [5, 5.41) is 17.7. The van der Waals surface area contributed by atoms with Gasteiger partial charge in [-0.15, -0.1) is 0 Å². The molecule has 2 N–H and O–H groups in total. The fraction of sp³-hybridized carbons (Fsp3) is 0.167. The van der Waals surface area contributed by atoms with E-state index in [1.165, 1.54) is 11.3 Å². The van der Waals surface area contributed by atoms with Gasteiger partial charge in [-0.3, -0.25) is 14.7 Å². The molecular weight excluding hydrogens is 382 g/mol. The Kier molecular flexibility index (Phi) is 5.11. The van der Waals surface area contributed by atoms with Gasteiger partial charge in [0.25, 0.3) is 11.8 Å². The molecule has 28 heavy (non-hydrogen) atoms. The second kappa shape index (κ2) is 8.01. The summed E-state index contributed by atoms with van der Waals surface area (Å²) in [7, 11) is 0. The van der Waals surface area contributed by atoms with E-state index in [2.05, 4.69) is 25.7 Å². The lowest BCUT2D eigenvalue weighted by atomic mass is 10.2. The molecule has 0 atom stereocenters. The number of hydrogen-bond donors (Lipinski definition) is 2. The maximum atomic E-state index is 12.2. The van der Waals surface area contributed by atoms with Crippen molar-refractivity contribution in [2.45, 2.75) is 13.0 Å². The topological polar surface area (TPSA) is 123 Å². The summed E-state index contributed by atoms with van der Waals surface area (Å²) < 4.78 is 10.2. The number of hydrogen-bond acceptors (Lipinski definition) is 8. The van der Waals surface area contributed by atoms with Gasteiger partial charge in [-0.05, 0) is 17.5 Å². The van der Waals surface area contributed by atoms with Crippen LogP contribution >= 0.6 is 11.3 Å². The Morgan fingerprint density at radius 1 is 1.25 bits per heavy atom. The number of aromatic nitrogens is 4. The van der Waals surface area contributed by atoms with Crippen LogP contribution in [0.1, 0.15) is 22.7 Å². The zero-order chi connectivity index (χ0) is 19.3. The lowest BCUT2D eigenvalue weighted by Gasteiger charge is -2.04. The number of carbonyl (C=O) groups excluding carboxylic acids is 2. The van der Waals surface area contributed by atoms with Gasteiger partial charge in [0.2, 0.25) is 5.82 Å². The van der Waals surface area contributed by atoms with Gasteiger partial charge in [-0.25, -0.2) is 0 Å². The Labute approximate surface area is 162 Å². The van der Waals surface area contributed by atoms with E-state index >= 15 is 0 Å². The van der Waals surface area contributed by atoms with E-state index in [1.807, 2.05) is 35.0 Å². The summed E-state index contributed by atoms with van der Waals surface area (Å²) in [6, 6.07) is 9.17. The third-order valence-corrected chi connectivity index (χ3v) is 4.58. The molecule has 0 aliphatic rings. The SMILES string of the molecule is O=C(CCNC(=O)c1n[nH]c2ccccc12)OCc1noc(-c2ccsc2)n1. The van der Waals surface area contributed by atoms with Crippen molar-refractivity contribution in [2.75, 3.05) is 6.54 Å². The van der Waals surface area contributed by atoms with Crippen LogP contribution in [0.5, 0.6) is 0 Å². The standard InChI is InChI=1S/C18H15N5O4S/c24-15(26-9-14-20-18(27-23-14)11-6-8-28-10-11)5-7-19-17(25)16-12-3-1-2-4-13(12)21-22-16/h1-4,6,8,10H,5,7,9H2,(H,19,25)(H,21,22). The first-order chi connectivity index (χ1) is 13.7. The van der Waals surface area contributed by atoms with Crippen molar-refractivity contribution in [3.63, 3.8) is 0 Å². The molecule has 0 radical (unpaired) electrons. The number of benzene rings is 1.